The lowest BCUT2D eigenvalue weighted by molar-refractivity contribution is 0.0443. The Morgan fingerprint density at radius 3 is 1.18 bits per heavy atom. The number of rotatable bonds is 35. The highest BCUT2D eigenvalue weighted by Crippen LogP contribution is 2.28. The number of carbonyl (C=O) groups excluding carboxylic acids is 5. The molecule has 0 aliphatic carbocycles. The Kier molecular flexibility index (Phi) is 25.7. The Bertz CT molecular complexity index is 2430. The van der Waals surface area contributed by atoms with Crippen molar-refractivity contribution in [3.05, 3.63) is 143 Å². The molecule has 0 radical (unpaired) electrons. The van der Waals surface area contributed by atoms with Crippen molar-refractivity contribution in [2.75, 3.05) is 26.4 Å². The molecule has 0 bridgehead atoms. The minimum Gasteiger partial charge on any atom is -0.494 e. The first kappa shape index (κ1) is 57.0. The molecule has 0 aliphatic heterocycles. The van der Waals surface area contributed by atoms with Crippen LogP contribution in [0.1, 0.15) is 195 Å². The van der Waals surface area contributed by atoms with Gasteiger partial charge in [-0.3, -0.25) is 4.79 Å². The minimum absolute atomic E-state index is 0.00373. The van der Waals surface area contributed by atoms with E-state index in [1.807, 2.05) is 0 Å². The molecule has 0 saturated heterocycles. The molecule has 390 valence electrons. The van der Waals surface area contributed by atoms with Crippen molar-refractivity contribution < 1.29 is 57.1 Å². The van der Waals surface area contributed by atoms with Gasteiger partial charge < -0.3 is 33.2 Å². The van der Waals surface area contributed by atoms with Crippen molar-refractivity contribution in [2.24, 2.45) is 0 Å². The second-order valence-electron chi connectivity index (χ2n) is 18.1. The number of Topliss-reactive ketones (excluding diaryl/α,β-unsaturated/α-hetero) is 1. The minimum atomic E-state index is -0.869. The Labute approximate surface area is 432 Å². The number of hydrogen-bond donors (Lipinski definition) is 0. The van der Waals surface area contributed by atoms with Crippen LogP contribution in [0.3, 0.4) is 0 Å². The van der Waals surface area contributed by atoms with Crippen molar-refractivity contribution in [3.63, 3.8) is 0 Å². The molecule has 5 aromatic carbocycles. The predicted molar refractivity (Wildman–Crippen MR) is 283 cm³/mol. The van der Waals surface area contributed by atoms with E-state index in [0.29, 0.717) is 48.0 Å². The van der Waals surface area contributed by atoms with Crippen molar-refractivity contribution >= 4 is 29.7 Å². The van der Waals surface area contributed by atoms with Gasteiger partial charge in [-0.05, 0) is 135 Å². The van der Waals surface area contributed by atoms with Gasteiger partial charge in [0.25, 0.3) is 0 Å². The molecular formula is C61H74O12. The molecule has 5 aromatic rings. The summed E-state index contributed by atoms with van der Waals surface area (Å²) in [5, 5.41) is 0. The van der Waals surface area contributed by atoms with E-state index in [4.69, 9.17) is 33.2 Å². The van der Waals surface area contributed by atoms with E-state index in [0.717, 1.165) is 44.9 Å². The summed E-state index contributed by atoms with van der Waals surface area (Å²) in [5.74, 6) is -1.01. The lowest BCUT2D eigenvalue weighted by Gasteiger charge is -2.13. The van der Waals surface area contributed by atoms with E-state index >= 15 is 0 Å². The van der Waals surface area contributed by atoms with Crippen molar-refractivity contribution in [2.45, 2.75) is 143 Å². The van der Waals surface area contributed by atoms with Crippen LogP contribution in [-0.4, -0.2) is 56.1 Å². The van der Waals surface area contributed by atoms with Crippen LogP contribution in [0.25, 0.3) is 0 Å². The quantitative estimate of drug-likeness (QED) is 0.0164. The van der Waals surface area contributed by atoms with Gasteiger partial charge in [0.15, 0.2) is 5.78 Å². The molecule has 0 amide bonds. The Morgan fingerprint density at radius 2 is 0.699 bits per heavy atom. The van der Waals surface area contributed by atoms with Crippen LogP contribution >= 0.6 is 0 Å². The molecule has 0 atom stereocenters. The lowest BCUT2D eigenvalue weighted by Crippen LogP contribution is -2.16. The van der Waals surface area contributed by atoms with E-state index in [1.54, 1.807) is 72.8 Å². The number of unbranched alkanes of at least 4 members (excludes halogenated alkanes) is 15. The van der Waals surface area contributed by atoms with Crippen LogP contribution in [0.15, 0.2) is 115 Å². The molecule has 0 spiro atoms. The molecular weight excluding hydrogens is 925 g/mol. The van der Waals surface area contributed by atoms with Gasteiger partial charge in [0.2, 0.25) is 0 Å². The standard InChI is InChI=1S/C61H74O12/c1-4-7-10-13-16-19-22-56(62)46-23-31-52(32-24-46)69-43-44-70-61(66)55-45-54(72-59(64)48-27-35-51(36-28-48)68-42-21-18-15-12-9-6-3)39-40-57(55)73-60(65)49-29-37-53(38-30-49)71-58(63)47-25-33-50(34-26-47)67-41-20-17-14-11-8-5-2/h23-40,45H,4-22,41-44H2,1-3H3. The van der Waals surface area contributed by atoms with Gasteiger partial charge >= 0.3 is 23.9 Å². The third-order valence-electron chi connectivity index (χ3n) is 12.1. The summed E-state index contributed by atoms with van der Waals surface area (Å²) in [6.45, 7) is 7.56. The van der Waals surface area contributed by atoms with Gasteiger partial charge in [-0.15, -0.1) is 0 Å². The molecule has 73 heavy (non-hydrogen) atoms. The summed E-state index contributed by atoms with van der Waals surface area (Å²) in [6.07, 6.45) is 21.0. The number of hydrogen-bond acceptors (Lipinski definition) is 12. The van der Waals surface area contributed by atoms with Gasteiger partial charge in [0.1, 0.15) is 53.3 Å². The maximum atomic E-state index is 13.7. The highest BCUT2D eigenvalue weighted by Gasteiger charge is 2.21. The highest BCUT2D eigenvalue weighted by molar-refractivity contribution is 5.98. The van der Waals surface area contributed by atoms with E-state index in [-0.39, 0.29) is 52.9 Å². The second kappa shape index (κ2) is 32.9. The van der Waals surface area contributed by atoms with Crippen LogP contribution in [0.5, 0.6) is 34.5 Å². The number of ketones is 1. The summed E-state index contributed by atoms with van der Waals surface area (Å²) in [6, 6.07) is 30.0. The van der Waals surface area contributed by atoms with Crippen LogP contribution < -0.4 is 28.4 Å². The summed E-state index contributed by atoms with van der Waals surface area (Å²) in [7, 11) is 0. The van der Waals surface area contributed by atoms with Crippen LogP contribution in [0.4, 0.5) is 0 Å². The van der Waals surface area contributed by atoms with E-state index in [1.165, 1.54) is 113 Å². The zero-order valence-electron chi connectivity index (χ0n) is 43.1. The number of esters is 4. The molecule has 5 rings (SSSR count). The number of benzene rings is 5. The fraction of sp³-hybridized carbons (Fsp3) is 0.426. The molecule has 0 aromatic heterocycles. The van der Waals surface area contributed by atoms with Crippen molar-refractivity contribution in [1.82, 2.24) is 0 Å². The molecule has 12 heteroatoms. The highest BCUT2D eigenvalue weighted by atomic mass is 16.6. The van der Waals surface area contributed by atoms with Crippen molar-refractivity contribution in [1.29, 1.82) is 0 Å². The average Bonchev–Trinajstić information content (AvgIpc) is 3.41. The first-order valence-corrected chi connectivity index (χ1v) is 26.5. The zero-order chi connectivity index (χ0) is 51.9. The van der Waals surface area contributed by atoms with E-state index < -0.39 is 23.9 Å². The summed E-state index contributed by atoms with van der Waals surface area (Å²) < 4.78 is 40.0. The van der Waals surface area contributed by atoms with Gasteiger partial charge in [-0.1, -0.05) is 117 Å². The van der Waals surface area contributed by atoms with Crippen LogP contribution in [0.2, 0.25) is 0 Å². The third-order valence-corrected chi connectivity index (χ3v) is 12.1. The van der Waals surface area contributed by atoms with Gasteiger partial charge in [0.05, 0.1) is 29.9 Å². The first-order chi connectivity index (χ1) is 35.7. The van der Waals surface area contributed by atoms with Gasteiger partial charge in [-0.25, -0.2) is 19.2 Å². The Hall–Kier alpha value is -6.95. The molecule has 0 N–H and O–H groups in total. The van der Waals surface area contributed by atoms with Gasteiger partial charge in [-0.2, -0.15) is 0 Å². The third kappa shape index (κ3) is 21.0. The maximum absolute atomic E-state index is 13.7. The first-order valence-electron chi connectivity index (χ1n) is 26.5. The molecule has 0 saturated carbocycles. The molecule has 0 heterocycles. The smallest absolute Gasteiger partial charge is 0.343 e. The zero-order valence-corrected chi connectivity index (χ0v) is 43.1. The fourth-order valence-corrected chi connectivity index (χ4v) is 7.81. The topological polar surface area (TPSA) is 150 Å². The lowest BCUT2D eigenvalue weighted by atomic mass is 10.0. The number of ether oxygens (including phenoxy) is 7. The normalized spacial score (nSPS) is 10.8. The average molecular weight is 999 g/mol. The molecule has 0 fully saturated rings. The molecule has 0 unspecified atom stereocenters. The SMILES string of the molecule is CCCCCCCCOc1ccc(C(=O)Oc2ccc(C(=O)Oc3ccc(OC(=O)c4ccc(OCCCCCCCC)cc4)cc3C(=O)OCCOc3ccc(C(=O)CCCCCCCC)cc3)cc2)cc1. The van der Waals surface area contributed by atoms with E-state index in [9.17, 15) is 24.0 Å². The summed E-state index contributed by atoms with van der Waals surface area (Å²) in [4.78, 5) is 66.1. The molecule has 12 nitrogen and oxygen atoms in total. The van der Waals surface area contributed by atoms with Crippen LogP contribution in [0, 0.1) is 0 Å². The number of carbonyl (C=O) groups is 5. The largest absolute Gasteiger partial charge is 0.494 e. The fourth-order valence-electron chi connectivity index (χ4n) is 7.81. The Morgan fingerprint density at radius 1 is 0.329 bits per heavy atom. The van der Waals surface area contributed by atoms with Gasteiger partial charge in [0, 0.05) is 12.0 Å². The second-order valence-corrected chi connectivity index (χ2v) is 18.1. The summed E-state index contributed by atoms with van der Waals surface area (Å²) >= 11 is 0. The maximum Gasteiger partial charge on any atom is 0.343 e. The van der Waals surface area contributed by atoms with Crippen LogP contribution in [-0.2, 0) is 4.74 Å². The summed E-state index contributed by atoms with van der Waals surface area (Å²) in [5.41, 5.74) is 1.12. The van der Waals surface area contributed by atoms with Crippen molar-refractivity contribution in [3.8, 4) is 34.5 Å². The van der Waals surface area contributed by atoms with E-state index in [2.05, 4.69) is 20.8 Å². The Balaban J connectivity index is 1.18. The monoisotopic (exact) mass is 999 g/mol. The predicted octanol–water partition coefficient (Wildman–Crippen LogP) is 15.0. The molecule has 0 aliphatic rings.